The van der Waals surface area contributed by atoms with Gasteiger partial charge in [-0.1, -0.05) is 30.7 Å². The summed E-state index contributed by atoms with van der Waals surface area (Å²) in [6.07, 6.45) is 1.43. The minimum Gasteiger partial charge on any atom is -0.259 e. The van der Waals surface area contributed by atoms with Crippen LogP contribution in [0.2, 0.25) is 5.02 Å². The summed E-state index contributed by atoms with van der Waals surface area (Å²) in [6.45, 7) is 1.64. The normalized spacial score (nSPS) is 11.5. The molecule has 3 nitrogen and oxygen atoms in total. The Morgan fingerprint density at radius 1 is 1.67 bits per heavy atom. The van der Waals surface area contributed by atoms with Gasteiger partial charge in [-0.2, -0.15) is 0 Å². The van der Waals surface area contributed by atoms with Gasteiger partial charge >= 0.3 is 0 Å². The van der Waals surface area contributed by atoms with Crippen molar-refractivity contribution in [3.05, 3.63) is 50.4 Å². The molecule has 0 unspecified atom stereocenters. The summed E-state index contributed by atoms with van der Waals surface area (Å²) in [6, 6.07) is 4.39. The Morgan fingerprint density at radius 2 is 2.33 bits per heavy atom. The first-order valence-corrected chi connectivity index (χ1v) is 4.73. The summed E-state index contributed by atoms with van der Waals surface area (Å²) in [5, 5.41) is 10.5. The van der Waals surface area contributed by atoms with Gasteiger partial charge in [0.25, 0.3) is 0 Å². The third kappa shape index (κ3) is 2.76. The van der Waals surface area contributed by atoms with Crippen LogP contribution in [0.15, 0.2) is 23.9 Å². The predicted octanol–water partition coefficient (Wildman–Crippen LogP) is 3.51. The van der Waals surface area contributed by atoms with Gasteiger partial charge in [0.1, 0.15) is 5.82 Å². The number of nitro groups is 1. The van der Waals surface area contributed by atoms with Crippen LogP contribution in [-0.4, -0.2) is 4.92 Å². The molecule has 0 spiro atoms. The van der Waals surface area contributed by atoms with E-state index in [9.17, 15) is 14.5 Å². The Bertz CT molecular complexity index is 418. The Hall–Kier alpha value is -1.42. The molecule has 0 aliphatic carbocycles. The third-order valence-electron chi connectivity index (χ3n) is 1.90. The monoisotopic (exact) mass is 229 g/mol. The topological polar surface area (TPSA) is 43.1 Å². The molecular formula is C10H9ClFNO2. The summed E-state index contributed by atoms with van der Waals surface area (Å²) in [5.74, 6) is -0.632. The molecule has 0 aromatic heterocycles. The van der Waals surface area contributed by atoms with E-state index in [0.29, 0.717) is 0 Å². The molecule has 0 saturated carbocycles. The number of halogens is 2. The van der Waals surface area contributed by atoms with E-state index < -0.39 is 10.7 Å². The molecule has 0 atom stereocenters. The molecular weight excluding hydrogens is 221 g/mol. The van der Waals surface area contributed by atoms with Gasteiger partial charge in [0, 0.05) is 18.1 Å². The largest absolute Gasteiger partial charge is 0.259 e. The number of rotatable bonds is 3. The molecule has 15 heavy (non-hydrogen) atoms. The van der Waals surface area contributed by atoms with Crippen LogP contribution in [0, 0.1) is 15.9 Å². The highest BCUT2D eigenvalue weighted by atomic mass is 35.5. The third-order valence-corrected chi connectivity index (χ3v) is 2.19. The quantitative estimate of drug-likeness (QED) is 0.588. The highest BCUT2D eigenvalue weighted by Crippen LogP contribution is 2.20. The van der Waals surface area contributed by atoms with Gasteiger partial charge < -0.3 is 0 Å². The number of benzene rings is 1. The van der Waals surface area contributed by atoms with Crippen LogP contribution in [-0.2, 0) is 0 Å². The molecule has 5 heteroatoms. The highest BCUT2D eigenvalue weighted by Gasteiger charge is 2.10. The molecule has 0 fully saturated rings. The molecule has 1 rings (SSSR count). The van der Waals surface area contributed by atoms with Crippen LogP contribution in [0.3, 0.4) is 0 Å². The fourth-order valence-corrected chi connectivity index (χ4v) is 1.28. The minimum atomic E-state index is -0.632. The standard InChI is InChI=1S/C10H9ClFNO2/c1-2-8(13(14)15)6-7-4-3-5-9(11)10(7)12/h3-6H,2H2,1H3/b8-6-. The van der Waals surface area contributed by atoms with E-state index in [0.717, 1.165) is 0 Å². The Kier molecular flexibility index (Phi) is 3.80. The van der Waals surface area contributed by atoms with E-state index in [2.05, 4.69) is 0 Å². The van der Waals surface area contributed by atoms with Crippen molar-refractivity contribution in [3.63, 3.8) is 0 Å². The van der Waals surface area contributed by atoms with Gasteiger partial charge in [-0.05, 0) is 6.07 Å². The molecule has 0 aliphatic rings. The SMILES string of the molecule is CC/C(=C/c1cccc(Cl)c1F)[N+](=O)[O-]. The first-order chi connectivity index (χ1) is 7.06. The van der Waals surface area contributed by atoms with Gasteiger partial charge in [0.15, 0.2) is 0 Å². The van der Waals surface area contributed by atoms with Crippen molar-refractivity contribution in [2.24, 2.45) is 0 Å². The predicted molar refractivity (Wildman–Crippen MR) is 56.7 cm³/mol. The van der Waals surface area contributed by atoms with Gasteiger partial charge in [0.2, 0.25) is 5.70 Å². The lowest BCUT2D eigenvalue weighted by atomic mass is 10.1. The average molecular weight is 230 g/mol. The molecule has 0 amide bonds. The van der Waals surface area contributed by atoms with Crippen molar-refractivity contribution in [3.8, 4) is 0 Å². The molecule has 1 aromatic carbocycles. The zero-order chi connectivity index (χ0) is 11.4. The van der Waals surface area contributed by atoms with Gasteiger partial charge in [-0.15, -0.1) is 0 Å². The molecule has 1 aromatic rings. The van der Waals surface area contributed by atoms with Crippen LogP contribution in [0.4, 0.5) is 4.39 Å². The Balaban J connectivity index is 3.17. The van der Waals surface area contributed by atoms with E-state index in [4.69, 9.17) is 11.6 Å². The van der Waals surface area contributed by atoms with Crippen LogP contribution in [0.5, 0.6) is 0 Å². The minimum absolute atomic E-state index is 0.0393. The van der Waals surface area contributed by atoms with Gasteiger partial charge in [0.05, 0.1) is 9.95 Å². The van der Waals surface area contributed by atoms with E-state index in [1.807, 2.05) is 0 Å². The Labute approximate surface area is 91.3 Å². The highest BCUT2D eigenvalue weighted by molar-refractivity contribution is 6.30. The van der Waals surface area contributed by atoms with Crippen LogP contribution in [0.1, 0.15) is 18.9 Å². The zero-order valence-electron chi connectivity index (χ0n) is 8.04. The summed E-state index contributed by atoms with van der Waals surface area (Å²) in [7, 11) is 0. The lowest BCUT2D eigenvalue weighted by Crippen LogP contribution is -1.97. The van der Waals surface area contributed by atoms with Gasteiger partial charge in [-0.3, -0.25) is 10.1 Å². The van der Waals surface area contributed by atoms with Crippen molar-refractivity contribution in [2.45, 2.75) is 13.3 Å². The maximum atomic E-state index is 13.4. The van der Waals surface area contributed by atoms with Gasteiger partial charge in [-0.25, -0.2) is 4.39 Å². The molecule has 0 bridgehead atoms. The molecule has 0 heterocycles. The molecule has 0 radical (unpaired) electrons. The van der Waals surface area contributed by atoms with E-state index in [-0.39, 0.29) is 22.7 Å². The maximum absolute atomic E-state index is 13.4. The fraction of sp³-hybridized carbons (Fsp3) is 0.200. The fourth-order valence-electron chi connectivity index (χ4n) is 1.10. The van der Waals surface area contributed by atoms with E-state index >= 15 is 0 Å². The van der Waals surface area contributed by atoms with Crippen molar-refractivity contribution in [1.29, 1.82) is 0 Å². The number of nitrogens with zero attached hydrogens (tertiary/aromatic N) is 1. The first kappa shape index (κ1) is 11.7. The summed E-state index contributed by atoms with van der Waals surface area (Å²) >= 11 is 5.55. The zero-order valence-corrected chi connectivity index (χ0v) is 8.79. The molecule has 0 N–H and O–H groups in total. The number of hydrogen-bond acceptors (Lipinski definition) is 2. The summed E-state index contributed by atoms with van der Waals surface area (Å²) < 4.78 is 13.4. The smallest absolute Gasteiger partial charge is 0.246 e. The lowest BCUT2D eigenvalue weighted by Gasteiger charge is -1.99. The first-order valence-electron chi connectivity index (χ1n) is 4.35. The van der Waals surface area contributed by atoms with E-state index in [1.165, 1.54) is 18.2 Å². The van der Waals surface area contributed by atoms with Crippen molar-refractivity contribution in [2.75, 3.05) is 0 Å². The summed E-state index contributed by atoms with van der Waals surface area (Å²) in [5.41, 5.74) is 0.0900. The number of hydrogen-bond donors (Lipinski definition) is 0. The molecule has 0 saturated heterocycles. The second-order valence-corrected chi connectivity index (χ2v) is 3.30. The summed E-state index contributed by atoms with van der Waals surface area (Å²) in [4.78, 5) is 9.99. The maximum Gasteiger partial charge on any atom is 0.246 e. The van der Waals surface area contributed by atoms with Crippen LogP contribution < -0.4 is 0 Å². The molecule has 0 aliphatic heterocycles. The van der Waals surface area contributed by atoms with E-state index in [1.54, 1.807) is 13.0 Å². The second-order valence-electron chi connectivity index (χ2n) is 2.89. The lowest BCUT2D eigenvalue weighted by molar-refractivity contribution is -0.425. The van der Waals surface area contributed by atoms with Crippen molar-refractivity contribution >= 4 is 17.7 Å². The average Bonchev–Trinajstić information content (AvgIpc) is 2.19. The second kappa shape index (κ2) is 4.89. The van der Waals surface area contributed by atoms with Crippen molar-refractivity contribution in [1.82, 2.24) is 0 Å². The van der Waals surface area contributed by atoms with Crippen LogP contribution in [0.25, 0.3) is 6.08 Å². The van der Waals surface area contributed by atoms with Crippen molar-refractivity contribution < 1.29 is 9.31 Å². The molecule has 80 valence electrons. The number of allylic oxidation sites excluding steroid dienone is 1. The van der Waals surface area contributed by atoms with Crippen LogP contribution >= 0.6 is 11.6 Å². The Morgan fingerprint density at radius 3 is 2.87 bits per heavy atom.